The highest BCUT2D eigenvalue weighted by atomic mass is 16.5. The van der Waals surface area contributed by atoms with Gasteiger partial charge in [0.25, 0.3) is 5.91 Å². The van der Waals surface area contributed by atoms with Gasteiger partial charge in [-0.05, 0) is 26.7 Å². The number of nitrogens with zero attached hydrogens (tertiary/aromatic N) is 1. The van der Waals surface area contributed by atoms with Gasteiger partial charge in [0.2, 0.25) is 0 Å². The Bertz CT molecular complexity index is 293. The van der Waals surface area contributed by atoms with Gasteiger partial charge >= 0.3 is 0 Å². The van der Waals surface area contributed by atoms with Gasteiger partial charge in [-0.3, -0.25) is 4.79 Å². The van der Waals surface area contributed by atoms with E-state index in [1.807, 2.05) is 18.7 Å². The maximum absolute atomic E-state index is 12.3. The molecular weight excluding hydrogens is 220 g/mol. The Morgan fingerprint density at radius 3 is 2.82 bits per heavy atom. The van der Waals surface area contributed by atoms with E-state index in [4.69, 9.17) is 15.2 Å². The van der Waals surface area contributed by atoms with Crippen LogP contribution in [0.1, 0.15) is 26.7 Å². The standard InChI is InChI=1S/C12H22N2O3/c1-12(2)8-14(5-6-16-12)11(15)10-4-3-9(7-13)17-10/h9-10H,3-8,13H2,1-2H3/t9-,10+/m1/s1. The fourth-order valence-electron chi connectivity index (χ4n) is 2.47. The summed E-state index contributed by atoms with van der Waals surface area (Å²) in [7, 11) is 0. The Labute approximate surface area is 102 Å². The lowest BCUT2D eigenvalue weighted by molar-refractivity contribution is -0.156. The zero-order valence-corrected chi connectivity index (χ0v) is 10.6. The maximum Gasteiger partial charge on any atom is 0.251 e. The Hall–Kier alpha value is -0.650. The quantitative estimate of drug-likeness (QED) is 0.747. The minimum absolute atomic E-state index is 0.0537. The molecule has 0 aromatic carbocycles. The summed E-state index contributed by atoms with van der Waals surface area (Å²) in [5.41, 5.74) is 5.30. The first-order chi connectivity index (χ1) is 8.02. The number of morpholine rings is 1. The van der Waals surface area contributed by atoms with Crippen molar-refractivity contribution in [2.45, 2.75) is 44.5 Å². The first-order valence-corrected chi connectivity index (χ1v) is 6.30. The maximum atomic E-state index is 12.3. The van der Waals surface area contributed by atoms with Crippen LogP contribution in [0.4, 0.5) is 0 Å². The van der Waals surface area contributed by atoms with E-state index in [-0.39, 0.29) is 23.7 Å². The fraction of sp³-hybridized carbons (Fsp3) is 0.917. The molecule has 5 nitrogen and oxygen atoms in total. The molecule has 98 valence electrons. The first-order valence-electron chi connectivity index (χ1n) is 6.30. The van der Waals surface area contributed by atoms with Crippen molar-refractivity contribution < 1.29 is 14.3 Å². The Kier molecular flexibility index (Phi) is 3.70. The van der Waals surface area contributed by atoms with E-state index in [1.165, 1.54) is 0 Å². The van der Waals surface area contributed by atoms with Gasteiger partial charge in [-0.15, -0.1) is 0 Å². The van der Waals surface area contributed by atoms with Gasteiger partial charge in [-0.25, -0.2) is 0 Å². The molecule has 0 aliphatic carbocycles. The highest BCUT2D eigenvalue weighted by molar-refractivity contribution is 5.81. The molecule has 0 spiro atoms. The number of ether oxygens (including phenoxy) is 2. The molecule has 0 unspecified atom stereocenters. The van der Waals surface area contributed by atoms with E-state index in [1.54, 1.807) is 0 Å². The van der Waals surface area contributed by atoms with Gasteiger partial charge < -0.3 is 20.1 Å². The van der Waals surface area contributed by atoms with Crippen molar-refractivity contribution in [3.63, 3.8) is 0 Å². The van der Waals surface area contributed by atoms with Crippen molar-refractivity contribution in [2.24, 2.45) is 5.73 Å². The van der Waals surface area contributed by atoms with Crippen molar-refractivity contribution in [2.75, 3.05) is 26.2 Å². The van der Waals surface area contributed by atoms with E-state index in [0.717, 1.165) is 12.8 Å². The lowest BCUT2D eigenvalue weighted by Gasteiger charge is -2.39. The number of rotatable bonds is 2. The number of carbonyl (C=O) groups is 1. The molecule has 1 amide bonds. The van der Waals surface area contributed by atoms with E-state index in [0.29, 0.717) is 26.2 Å². The van der Waals surface area contributed by atoms with Crippen LogP contribution in [0, 0.1) is 0 Å². The topological polar surface area (TPSA) is 64.8 Å². The summed E-state index contributed by atoms with van der Waals surface area (Å²) in [4.78, 5) is 14.1. The van der Waals surface area contributed by atoms with Crippen molar-refractivity contribution >= 4 is 5.91 Å². The van der Waals surface area contributed by atoms with Gasteiger partial charge in [-0.1, -0.05) is 0 Å². The number of amides is 1. The van der Waals surface area contributed by atoms with Gasteiger partial charge in [0.15, 0.2) is 0 Å². The van der Waals surface area contributed by atoms with Gasteiger partial charge in [-0.2, -0.15) is 0 Å². The highest BCUT2D eigenvalue weighted by Gasteiger charge is 2.36. The average Bonchev–Trinajstić information content (AvgIpc) is 2.75. The summed E-state index contributed by atoms with van der Waals surface area (Å²) in [6.45, 7) is 6.41. The molecule has 2 aliphatic rings. The SMILES string of the molecule is CC1(C)CN(C(=O)[C@@H]2CC[C@H](CN)O2)CCO1. The van der Waals surface area contributed by atoms with Crippen LogP contribution in [-0.2, 0) is 14.3 Å². The molecule has 0 aromatic heterocycles. The summed E-state index contributed by atoms with van der Waals surface area (Å²) in [6.07, 6.45) is 1.44. The molecule has 0 radical (unpaired) electrons. The second-order valence-electron chi connectivity index (χ2n) is 5.43. The van der Waals surface area contributed by atoms with Crippen LogP contribution in [0.3, 0.4) is 0 Å². The normalized spacial score (nSPS) is 32.8. The molecule has 2 saturated heterocycles. The molecule has 2 heterocycles. The summed E-state index contributed by atoms with van der Waals surface area (Å²) >= 11 is 0. The zero-order chi connectivity index (χ0) is 12.5. The predicted octanol–water partition coefficient (Wildman–Crippen LogP) is 0.130. The van der Waals surface area contributed by atoms with E-state index in [9.17, 15) is 4.79 Å². The third-order valence-electron chi connectivity index (χ3n) is 3.38. The minimum Gasteiger partial charge on any atom is -0.372 e. The summed E-state index contributed by atoms with van der Waals surface area (Å²) in [5, 5.41) is 0. The van der Waals surface area contributed by atoms with Crippen LogP contribution in [0.15, 0.2) is 0 Å². The summed E-state index contributed by atoms with van der Waals surface area (Å²) in [5.74, 6) is 0.0947. The fourth-order valence-corrected chi connectivity index (χ4v) is 2.47. The molecule has 2 atom stereocenters. The van der Waals surface area contributed by atoms with Crippen molar-refractivity contribution in [1.82, 2.24) is 4.90 Å². The molecular formula is C12H22N2O3. The van der Waals surface area contributed by atoms with Crippen LogP contribution < -0.4 is 5.73 Å². The van der Waals surface area contributed by atoms with Crippen molar-refractivity contribution in [1.29, 1.82) is 0 Å². The molecule has 2 fully saturated rings. The minimum atomic E-state index is -0.294. The van der Waals surface area contributed by atoms with Gasteiger partial charge in [0, 0.05) is 19.6 Å². The monoisotopic (exact) mass is 242 g/mol. The predicted molar refractivity (Wildman–Crippen MR) is 63.6 cm³/mol. The molecule has 2 N–H and O–H groups in total. The molecule has 0 bridgehead atoms. The largest absolute Gasteiger partial charge is 0.372 e. The molecule has 2 rings (SSSR count). The van der Waals surface area contributed by atoms with Gasteiger partial charge in [0.1, 0.15) is 6.10 Å². The highest BCUT2D eigenvalue weighted by Crippen LogP contribution is 2.23. The van der Waals surface area contributed by atoms with Crippen LogP contribution >= 0.6 is 0 Å². The molecule has 17 heavy (non-hydrogen) atoms. The second kappa shape index (κ2) is 4.92. The number of carbonyl (C=O) groups excluding carboxylic acids is 1. The van der Waals surface area contributed by atoms with E-state index < -0.39 is 0 Å². The number of hydrogen-bond acceptors (Lipinski definition) is 4. The summed E-state index contributed by atoms with van der Waals surface area (Å²) in [6, 6.07) is 0. The number of nitrogens with two attached hydrogens (primary N) is 1. The van der Waals surface area contributed by atoms with Crippen molar-refractivity contribution in [3.05, 3.63) is 0 Å². The van der Waals surface area contributed by atoms with Crippen LogP contribution in [0.2, 0.25) is 0 Å². The summed E-state index contributed by atoms with van der Waals surface area (Å²) < 4.78 is 11.2. The Morgan fingerprint density at radius 2 is 2.24 bits per heavy atom. The van der Waals surface area contributed by atoms with Crippen LogP contribution in [-0.4, -0.2) is 54.9 Å². The third-order valence-corrected chi connectivity index (χ3v) is 3.38. The Morgan fingerprint density at radius 1 is 1.47 bits per heavy atom. The smallest absolute Gasteiger partial charge is 0.251 e. The lowest BCUT2D eigenvalue weighted by atomic mass is 10.1. The van der Waals surface area contributed by atoms with Crippen LogP contribution in [0.25, 0.3) is 0 Å². The van der Waals surface area contributed by atoms with Crippen LogP contribution in [0.5, 0.6) is 0 Å². The average molecular weight is 242 g/mol. The van der Waals surface area contributed by atoms with Gasteiger partial charge in [0.05, 0.1) is 18.3 Å². The van der Waals surface area contributed by atoms with E-state index in [2.05, 4.69) is 0 Å². The third kappa shape index (κ3) is 2.97. The second-order valence-corrected chi connectivity index (χ2v) is 5.43. The zero-order valence-electron chi connectivity index (χ0n) is 10.6. The van der Waals surface area contributed by atoms with E-state index >= 15 is 0 Å². The number of hydrogen-bond donors (Lipinski definition) is 1. The molecule has 5 heteroatoms. The lowest BCUT2D eigenvalue weighted by Crippen LogP contribution is -2.53. The van der Waals surface area contributed by atoms with Crippen molar-refractivity contribution in [3.8, 4) is 0 Å². The molecule has 0 saturated carbocycles. The Balaban J connectivity index is 1.92. The molecule has 0 aromatic rings. The first kappa shape index (κ1) is 12.8. The molecule has 2 aliphatic heterocycles.